The molecule has 8 heteroatoms. The molecule has 2 aromatic heterocycles. The molecule has 1 aromatic carbocycles. The zero-order chi connectivity index (χ0) is 24.0. The summed E-state index contributed by atoms with van der Waals surface area (Å²) in [5, 5.41) is 7.34. The fraction of sp³-hybridized carbons (Fsp3) is 0.400. The number of ether oxygens (including phenoxy) is 1. The van der Waals surface area contributed by atoms with Crippen LogP contribution in [0.4, 0.5) is 4.39 Å². The van der Waals surface area contributed by atoms with Crippen molar-refractivity contribution in [3.63, 3.8) is 0 Å². The van der Waals surface area contributed by atoms with E-state index in [1.54, 1.807) is 44.9 Å². The molecular formula is C25H31FN4O3. The number of amides is 1. The third kappa shape index (κ3) is 5.88. The summed E-state index contributed by atoms with van der Waals surface area (Å²) in [7, 11) is 1.77. The fourth-order valence-corrected chi connectivity index (χ4v) is 3.87. The van der Waals surface area contributed by atoms with E-state index in [2.05, 4.69) is 15.2 Å². The first-order valence-corrected chi connectivity index (χ1v) is 11.2. The van der Waals surface area contributed by atoms with Gasteiger partial charge in [0.15, 0.2) is 0 Å². The number of benzene rings is 1. The van der Waals surface area contributed by atoms with Crippen LogP contribution < -0.4 is 0 Å². The van der Waals surface area contributed by atoms with E-state index >= 15 is 0 Å². The Morgan fingerprint density at radius 1 is 1.12 bits per heavy atom. The number of esters is 1. The van der Waals surface area contributed by atoms with E-state index in [1.807, 2.05) is 6.07 Å². The summed E-state index contributed by atoms with van der Waals surface area (Å²) in [5.41, 5.74) is 4.84. The van der Waals surface area contributed by atoms with Gasteiger partial charge < -0.3 is 14.6 Å². The molecule has 33 heavy (non-hydrogen) atoms. The molecule has 0 fully saturated rings. The summed E-state index contributed by atoms with van der Waals surface area (Å²) in [5.74, 6) is -0.811. The summed E-state index contributed by atoms with van der Waals surface area (Å²) in [6, 6.07) is 8.26. The van der Waals surface area contributed by atoms with Gasteiger partial charge in [0.25, 0.3) is 5.91 Å². The summed E-state index contributed by atoms with van der Waals surface area (Å²) in [4.78, 5) is 29.7. The van der Waals surface area contributed by atoms with Crippen LogP contribution in [0, 0.1) is 19.7 Å². The molecule has 176 valence electrons. The number of aryl methyl sites for hydroxylation is 2. The lowest BCUT2D eigenvalue weighted by atomic mass is 10.1. The van der Waals surface area contributed by atoms with Gasteiger partial charge in [0.2, 0.25) is 0 Å². The van der Waals surface area contributed by atoms with Gasteiger partial charge >= 0.3 is 5.97 Å². The molecule has 1 amide bonds. The van der Waals surface area contributed by atoms with E-state index in [-0.39, 0.29) is 18.3 Å². The number of hydrogen-bond acceptors (Lipinski definition) is 4. The highest BCUT2D eigenvalue weighted by molar-refractivity contribution is 6.00. The maximum Gasteiger partial charge on any atom is 0.340 e. The Morgan fingerprint density at radius 2 is 1.85 bits per heavy atom. The van der Waals surface area contributed by atoms with Crippen molar-refractivity contribution in [3.05, 3.63) is 64.4 Å². The van der Waals surface area contributed by atoms with Gasteiger partial charge in [-0.05, 0) is 75.9 Å². The molecule has 0 aliphatic rings. The van der Waals surface area contributed by atoms with Gasteiger partial charge in [-0.25, -0.2) is 9.18 Å². The number of unbranched alkanes of at least 4 members (excludes halogenated alkanes) is 2. The molecule has 0 spiro atoms. The van der Waals surface area contributed by atoms with Crippen molar-refractivity contribution in [2.45, 2.75) is 46.5 Å². The molecule has 0 aliphatic carbocycles. The van der Waals surface area contributed by atoms with Crippen LogP contribution in [-0.4, -0.2) is 52.2 Å². The molecule has 0 saturated carbocycles. The van der Waals surface area contributed by atoms with E-state index < -0.39 is 5.97 Å². The lowest BCUT2D eigenvalue weighted by molar-refractivity contribution is 0.0525. The minimum atomic E-state index is -0.410. The number of carbonyl (C=O) groups excluding carboxylic acids is 2. The molecule has 0 saturated heterocycles. The van der Waals surface area contributed by atoms with Crippen LogP contribution in [0.15, 0.2) is 30.3 Å². The Labute approximate surface area is 193 Å². The molecular weight excluding hydrogens is 423 g/mol. The number of aromatic nitrogens is 3. The van der Waals surface area contributed by atoms with Crippen molar-refractivity contribution in [2.75, 3.05) is 20.2 Å². The summed E-state index contributed by atoms with van der Waals surface area (Å²) >= 11 is 0. The van der Waals surface area contributed by atoms with Crippen LogP contribution in [0.2, 0.25) is 0 Å². The SMILES string of the molecule is CCOC(=O)c1c(C)[nH]c(C(=O)N(C)CCCCCc2cc(-c3ccc(F)cc3)n[nH]2)c1C. The van der Waals surface area contributed by atoms with Crippen LogP contribution >= 0.6 is 0 Å². The summed E-state index contributed by atoms with van der Waals surface area (Å²) in [6.45, 7) is 6.20. The number of halogens is 1. The van der Waals surface area contributed by atoms with Gasteiger partial charge in [-0.1, -0.05) is 6.42 Å². The van der Waals surface area contributed by atoms with Crippen LogP contribution in [0.3, 0.4) is 0 Å². The molecule has 3 aromatic rings. The largest absolute Gasteiger partial charge is 0.462 e. The number of carbonyl (C=O) groups is 2. The fourth-order valence-electron chi connectivity index (χ4n) is 3.87. The van der Waals surface area contributed by atoms with Gasteiger partial charge in [0.05, 0.1) is 17.9 Å². The van der Waals surface area contributed by atoms with Crippen LogP contribution in [0.25, 0.3) is 11.3 Å². The smallest absolute Gasteiger partial charge is 0.340 e. The molecule has 0 atom stereocenters. The lowest BCUT2D eigenvalue weighted by Crippen LogP contribution is -2.28. The number of rotatable bonds is 10. The Bertz CT molecular complexity index is 1100. The van der Waals surface area contributed by atoms with Crippen molar-refractivity contribution in [1.82, 2.24) is 20.1 Å². The molecule has 2 heterocycles. The number of H-pyrrole nitrogens is 2. The van der Waals surface area contributed by atoms with Crippen LogP contribution in [0.1, 0.15) is 64.0 Å². The molecule has 7 nitrogen and oxygen atoms in total. The van der Waals surface area contributed by atoms with Crippen molar-refractivity contribution in [2.24, 2.45) is 0 Å². The molecule has 0 bridgehead atoms. The number of hydrogen-bond donors (Lipinski definition) is 2. The van der Waals surface area contributed by atoms with Gasteiger partial charge in [0, 0.05) is 30.5 Å². The van der Waals surface area contributed by atoms with Crippen molar-refractivity contribution < 1.29 is 18.7 Å². The zero-order valence-corrected chi connectivity index (χ0v) is 19.6. The average Bonchev–Trinajstić information content (AvgIpc) is 3.37. The Kier molecular flexibility index (Phi) is 8.03. The van der Waals surface area contributed by atoms with E-state index in [4.69, 9.17) is 4.74 Å². The first-order valence-electron chi connectivity index (χ1n) is 11.2. The van der Waals surface area contributed by atoms with Gasteiger partial charge in [-0.3, -0.25) is 9.89 Å². The Hall–Kier alpha value is -3.42. The van der Waals surface area contributed by atoms with Gasteiger partial charge in [0.1, 0.15) is 11.5 Å². The third-order valence-corrected chi connectivity index (χ3v) is 5.69. The third-order valence-electron chi connectivity index (χ3n) is 5.69. The monoisotopic (exact) mass is 454 g/mol. The van der Waals surface area contributed by atoms with Gasteiger partial charge in [-0.2, -0.15) is 5.10 Å². The second-order valence-corrected chi connectivity index (χ2v) is 8.17. The van der Waals surface area contributed by atoms with Crippen molar-refractivity contribution in [3.8, 4) is 11.3 Å². The van der Waals surface area contributed by atoms with Crippen LogP contribution in [0.5, 0.6) is 0 Å². The minimum absolute atomic E-state index is 0.136. The quantitative estimate of drug-likeness (QED) is 0.339. The van der Waals surface area contributed by atoms with Gasteiger partial charge in [-0.15, -0.1) is 0 Å². The average molecular weight is 455 g/mol. The number of aromatic amines is 2. The maximum atomic E-state index is 13.1. The van der Waals surface area contributed by atoms with Crippen molar-refractivity contribution in [1.29, 1.82) is 0 Å². The van der Waals surface area contributed by atoms with E-state index in [0.29, 0.717) is 29.1 Å². The molecule has 0 radical (unpaired) electrons. The number of nitrogens with zero attached hydrogens (tertiary/aromatic N) is 2. The van der Waals surface area contributed by atoms with E-state index in [1.165, 1.54) is 12.1 Å². The first-order chi connectivity index (χ1) is 15.8. The predicted molar refractivity (Wildman–Crippen MR) is 125 cm³/mol. The molecule has 3 rings (SSSR count). The number of nitrogens with one attached hydrogen (secondary N) is 2. The highest BCUT2D eigenvalue weighted by atomic mass is 19.1. The standard InChI is InChI=1S/C25H31FN4O3/c1-5-33-25(32)22-16(2)23(27-17(22)3)24(31)30(4)14-8-6-7-9-20-15-21(29-28-20)18-10-12-19(26)13-11-18/h10-13,15,27H,5-9,14H2,1-4H3,(H,28,29). The second kappa shape index (κ2) is 10.9. The van der Waals surface area contributed by atoms with E-state index in [0.717, 1.165) is 42.6 Å². The zero-order valence-electron chi connectivity index (χ0n) is 19.6. The summed E-state index contributed by atoms with van der Waals surface area (Å²) < 4.78 is 18.2. The molecule has 2 N–H and O–H groups in total. The van der Waals surface area contributed by atoms with Crippen LogP contribution in [-0.2, 0) is 11.2 Å². The minimum Gasteiger partial charge on any atom is -0.462 e. The first kappa shape index (κ1) is 24.2. The normalized spacial score (nSPS) is 10.9. The highest BCUT2D eigenvalue weighted by Crippen LogP contribution is 2.21. The second-order valence-electron chi connectivity index (χ2n) is 8.17. The lowest BCUT2D eigenvalue weighted by Gasteiger charge is -2.17. The molecule has 0 aliphatic heterocycles. The maximum absolute atomic E-state index is 13.1. The predicted octanol–water partition coefficient (Wildman–Crippen LogP) is 4.82. The molecule has 0 unspecified atom stereocenters. The van der Waals surface area contributed by atoms with Crippen molar-refractivity contribution >= 4 is 11.9 Å². The topological polar surface area (TPSA) is 91.1 Å². The van der Waals surface area contributed by atoms with E-state index in [9.17, 15) is 14.0 Å². The highest BCUT2D eigenvalue weighted by Gasteiger charge is 2.24. The summed E-state index contributed by atoms with van der Waals surface area (Å²) in [6.07, 6.45) is 3.63. The Morgan fingerprint density at radius 3 is 2.55 bits per heavy atom. The Balaban J connectivity index is 1.46.